The van der Waals surface area contributed by atoms with Gasteiger partial charge in [-0.05, 0) is 63.4 Å². The highest BCUT2D eigenvalue weighted by Crippen LogP contribution is 2.41. The van der Waals surface area contributed by atoms with Crippen LogP contribution in [0.2, 0.25) is 0 Å². The van der Waals surface area contributed by atoms with Gasteiger partial charge in [-0.3, -0.25) is 14.3 Å². The maximum absolute atomic E-state index is 12.6. The second-order valence-electron chi connectivity index (χ2n) is 9.90. The van der Waals surface area contributed by atoms with E-state index >= 15 is 0 Å². The smallest absolute Gasteiger partial charge is 0.273 e. The van der Waals surface area contributed by atoms with Crippen LogP contribution in [-0.4, -0.2) is 59.0 Å². The normalized spacial score (nSPS) is 15.7. The molecule has 1 aliphatic heterocycles. The number of hydrogen-bond donors (Lipinski definition) is 4. The van der Waals surface area contributed by atoms with Gasteiger partial charge in [-0.15, -0.1) is 10.2 Å². The van der Waals surface area contributed by atoms with Crippen molar-refractivity contribution in [2.75, 3.05) is 37.9 Å². The topological polar surface area (TPSA) is 135 Å². The van der Waals surface area contributed by atoms with Crippen molar-refractivity contribution in [3.05, 3.63) is 41.2 Å². The summed E-state index contributed by atoms with van der Waals surface area (Å²) in [6.07, 6.45) is 3.90. The van der Waals surface area contributed by atoms with Crippen LogP contribution < -0.4 is 26.0 Å². The van der Waals surface area contributed by atoms with Gasteiger partial charge >= 0.3 is 0 Å². The van der Waals surface area contributed by atoms with E-state index in [1.165, 1.54) is 12.7 Å². The zero-order valence-corrected chi connectivity index (χ0v) is 22.2. The molecule has 0 radical (unpaired) electrons. The van der Waals surface area contributed by atoms with Crippen LogP contribution in [0.1, 0.15) is 53.3 Å². The average molecular weight is 519 g/mol. The second kappa shape index (κ2) is 10.8. The predicted molar refractivity (Wildman–Crippen MR) is 145 cm³/mol. The Bertz CT molecular complexity index is 1360. The number of carbonyl (C=O) groups is 2. The van der Waals surface area contributed by atoms with E-state index in [-0.39, 0.29) is 23.3 Å². The number of piperidine rings is 1. The van der Waals surface area contributed by atoms with Crippen LogP contribution >= 0.6 is 0 Å². The molecule has 2 fully saturated rings. The Morgan fingerprint density at radius 1 is 1.08 bits per heavy atom. The number of rotatable bonds is 8. The molecule has 0 bridgehead atoms. The third-order valence-electron chi connectivity index (χ3n) is 7.20. The molecule has 200 valence electrons. The first-order chi connectivity index (χ1) is 18.4. The molecule has 1 aliphatic carbocycles. The summed E-state index contributed by atoms with van der Waals surface area (Å²) in [5, 5.41) is 25.1. The standard InChI is InChI=1S/C27H34N8O3/c1-15-5-8-18(25(38-4)23(15)19-13-21(35(3)34-19)16-9-11-29-12-10-16)30-20-14-22(31-26(36)17-6-7-17)32-33-24(20)27(37)28-2/h5,8,13-14,16-17,29H,6-7,9-12H2,1-4H3,(H,28,37)(H2,30,31,32,36). The zero-order chi connectivity index (χ0) is 26.8. The Kier molecular flexibility index (Phi) is 7.28. The number of aromatic nitrogens is 4. The lowest BCUT2D eigenvalue weighted by atomic mass is 9.93. The van der Waals surface area contributed by atoms with E-state index in [0.717, 1.165) is 55.6 Å². The van der Waals surface area contributed by atoms with Crippen molar-refractivity contribution in [2.24, 2.45) is 13.0 Å². The fraction of sp³-hybridized carbons (Fsp3) is 0.444. The lowest BCUT2D eigenvalue weighted by Crippen LogP contribution is -2.27. The molecule has 5 rings (SSSR count). The van der Waals surface area contributed by atoms with Crippen molar-refractivity contribution < 1.29 is 14.3 Å². The lowest BCUT2D eigenvalue weighted by Gasteiger charge is -2.22. The number of methoxy groups -OCH3 is 1. The molecular formula is C27H34N8O3. The third-order valence-corrected chi connectivity index (χ3v) is 7.20. The van der Waals surface area contributed by atoms with Gasteiger partial charge in [0.05, 0.1) is 24.2 Å². The summed E-state index contributed by atoms with van der Waals surface area (Å²) in [6, 6.07) is 7.65. The van der Waals surface area contributed by atoms with Gasteiger partial charge in [0.1, 0.15) is 0 Å². The molecule has 4 N–H and O–H groups in total. The SMILES string of the molecule is CNC(=O)c1nnc(NC(=O)C2CC2)cc1Nc1ccc(C)c(-c2cc(C3CCNCC3)n(C)n2)c1OC. The molecule has 0 atom stereocenters. The van der Waals surface area contributed by atoms with Crippen molar-refractivity contribution in [1.29, 1.82) is 0 Å². The van der Waals surface area contributed by atoms with E-state index < -0.39 is 5.91 Å². The number of nitrogens with zero attached hydrogens (tertiary/aromatic N) is 4. The summed E-state index contributed by atoms with van der Waals surface area (Å²) >= 11 is 0. The number of benzene rings is 1. The molecule has 2 aromatic heterocycles. The Morgan fingerprint density at radius 2 is 1.84 bits per heavy atom. The Hall–Kier alpha value is -3.99. The minimum Gasteiger partial charge on any atom is -0.494 e. The minimum atomic E-state index is -0.400. The molecule has 1 saturated carbocycles. The number of hydrogen-bond acceptors (Lipinski definition) is 8. The van der Waals surface area contributed by atoms with Gasteiger partial charge in [-0.1, -0.05) is 6.07 Å². The summed E-state index contributed by atoms with van der Waals surface area (Å²) in [5.74, 6) is 0.857. The van der Waals surface area contributed by atoms with Gasteiger partial charge in [0.25, 0.3) is 5.91 Å². The van der Waals surface area contributed by atoms with E-state index in [0.29, 0.717) is 23.0 Å². The van der Waals surface area contributed by atoms with E-state index in [1.54, 1.807) is 13.2 Å². The Labute approximate surface area is 221 Å². The number of nitrogens with one attached hydrogen (secondary N) is 4. The van der Waals surface area contributed by atoms with Crippen molar-refractivity contribution in [2.45, 2.75) is 38.5 Å². The molecule has 2 amide bonds. The van der Waals surface area contributed by atoms with E-state index in [1.807, 2.05) is 30.8 Å². The summed E-state index contributed by atoms with van der Waals surface area (Å²) in [6.45, 7) is 4.03. The molecule has 1 saturated heterocycles. The van der Waals surface area contributed by atoms with Gasteiger partial charge in [0, 0.05) is 43.3 Å². The molecule has 38 heavy (non-hydrogen) atoms. The molecule has 3 heterocycles. The molecule has 3 aromatic rings. The van der Waals surface area contributed by atoms with E-state index in [9.17, 15) is 9.59 Å². The highest BCUT2D eigenvalue weighted by Gasteiger charge is 2.30. The summed E-state index contributed by atoms with van der Waals surface area (Å²) in [4.78, 5) is 24.9. The van der Waals surface area contributed by atoms with Gasteiger partial charge in [0.2, 0.25) is 5.91 Å². The van der Waals surface area contributed by atoms with Gasteiger partial charge in [-0.2, -0.15) is 5.10 Å². The number of anilines is 3. The summed E-state index contributed by atoms with van der Waals surface area (Å²) in [5.41, 5.74) is 5.06. The van der Waals surface area contributed by atoms with Crippen LogP contribution in [0, 0.1) is 12.8 Å². The third kappa shape index (κ3) is 5.19. The number of amides is 2. The molecule has 1 aromatic carbocycles. The first-order valence-electron chi connectivity index (χ1n) is 13.0. The number of carbonyl (C=O) groups excluding carboxylic acids is 2. The van der Waals surface area contributed by atoms with Gasteiger partial charge in [0.15, 0.2) is 17.3 Å². The maximum Gasteiger partial charge on any atom is 0.273 e. The van der Waals surface area contributed by atoms with Crippen molar-refractivity contribution in [1.82, 2.24) is 30.6 Å². The monoisotopic (exact) mass is 518 g/mol. The van der Waals surface area contributed by atoms with E-state index in [2.05, 4.69) is 37.5 Å². The zero-order valence-electron chi connectivity index (χ0n) is 22.2. The average Bonchev–Trinajstić information content (AvgIpc) is 3.71. The van der Waals surface area contributed by atoms with Crippen LogP contribution in [0.3, 0.4) is 0 Å². The van der Waals surface area contributed by atoms with Crippen molar-refractivity contribution >= 4 is 29.0 Å². The molecular weight excluding hydrogens is 484 g/mol. The Morgan fingerprint density at radius 3 is 2.53 bits per heavy atom. The number of aryl methyl sites for hydroxylation is 2. The lowest BCUT2D eigenvalue weighted by molar-refractivity contribution is -0.117. The summed E-state index contributed by atoms with van der Waals surface area (Å²) < 4.78 is 7.88. The molecule has 0 spiro atoms. The van der Waals surface area contributed by atoms with Crippen LogP contribution in [-0.2, 0) is 11.8 Å². The van der Waals surface area contributed by atoms with Gasteiger partial charge < -0.3 is 26.0 Å². The largest absolute Gasteiger partial charge is 0.494 e. The van der Waals surface area contributed by atoms with Crippen LogP contribution in [0.25, 0.3) is 11.3 Å². The molecule has 2 aliphatic rings. The predicted octanol–water partition coefficient (Wildman–Crippen LogP) is 3.11. The first kappa shape index (κ1) is 25.7. The van der Waals surface area contributed by atoms with E-state index in [4.69, 9.17) is 9.84 Å². The van der Waals surface area contributed by atoms with Gasteiger partial charge in [-0.25, -0.2) is 0 Å². The quantitative estimate of drug-likeness (QED) is 0.357. The highest BCUT2D eigenvalue weighted by atomic mass is 16.5. The second-order valence-corrected chi connectivity index (χ2v) is 9.90. The van der Waals surface area contributed by atoms with Crippen molar-refractivity contribution in [3.63, 3.8) is 0 Å². The minimum absolute atomic E-state index is 0.0136. The molecule has 11 heteroatoms. The first-order valence-corrected chi connectivity index (χ1v) is 13.0. The fourth-order valence-corrected chi connectivity index (χ4v) is 4.97. The molecule has 11 nitrogen and oxygen atoms in total. The number of ether oxygens (including phenoxy) is 1. The fourth-order valence-electron chi connectivity index (χ4n) is 4.97. The van der Waals surface area contributed by atoms with Crippen LogP contribution in [0.5, 0.6) is 5.75 Å². The van der Waals surface area contributed by atoms with Crippen molar-refractivity contribution in [3.8, 4) is 17.0 Å². The molecule has 0 unspecified atom stereocenters. The Balaban J connectivity index is 1.52. The maximum atomic E-state index is 12.6. The highest BCUT2D eigenvalue weighted by molar-refractivity contribution is 6.00. The van der Waals surface area contributed by atoms with Crippen LogP contribution in [0.4, 0.5) is 17.2 Å². The van der Waals surface area contributed by atoms with Crippen LogP contribution in [0.15, 0.2) is 24.3 Å². The summed E-state index contributed by atoms with van der Waals surface area (Å²) in [7, 11) is 5.13.